The maximum Gasteiger partial charge on any atom is 0.184 e. The van der Waals surface area contributed by atoms with Crippen LogP contribution in [0.1, 0.15) is 13.8 Å². The van der Waals surface area contributed by atoms with Crippen molar-refractivity contribution in [3.8, 4) is 6.19 Å². The molecular weight excluding hydrogens is 287 g/mol. The second-order valence-corrected chi connectivity index (χ2v) is 4.62. The van der Waals surface area contributed by atoms with Gasteiger partial charge in [-0.3, -0.25) is 4.90 Å². The van der Waals surface area contributed by atoms with E-state index < -0.39 is 0 Å². The Morgan fingerprint density at radius 3 is 2.76 bits per heavy atom. The average molecular weight is 301 g/mol. The standard InChI is InChI=1S/C12H14BrFN2O/c1-9(2)17-6-5-16(8-15)10-3-4-12(14)11(13)7-10/h3-4,7,9H,5-6H2,1-2H3. The molecule has 0 fully saturated rings. The van der Waals surface area contributed by atoms with Gasteiger partial charge in [0.05, 0.1) is 29.4 Å². The Labute approximate surface area is 109 Å². The second-order valence-electron chi connectivity index (χ2n) is 3.77. The normalized spacial score (nSPS) is 10.4. The summed E-state index contributed by atoms with van der Waals surface area (Å²) >= 11 is 3.09. The Morgan fingerprint density at radius 2 is 2.24 bits per heavy atom. The first kappa shape index (κ1) is 13.9. The van der Waals surface area contributed by atoms with E-state index in [1.54, 1.807) is 12.1 Å². The summed E-state index contributed by atoms with van der Waals surface area (Å²) < 4.78 is 18.8. The lowest BCUT2D eigenvalue weighted by Crippen LogP contribution is -2.23. The smallest absolute Gasteiger partial charge is 0.184 e. The van der Waals surface area contributed by atoms with E-state index >= 15 is 0 Å². The quantitative estimate of drug-likeness (QED) is 0.618. The largest absolute Gasteiger partial charge is 0.377 e. The molecular formula is C12H14BrFN2O. The van der Waals surface area contributed by atoms with Crippen LogP contribution >= 0.6 is 15.9 Å². The number of halogens is 2. The van der Waals surface area contributed by atoms with Crippen LogP contribution in [-0.2, 0) is 4.74 Å². The summed E-state index contributed by atoms with van der Waals surface area (Å²) in [6.07, 6.45) is 2.18. The van der Waals surface area contributed by atoms with Gasteiger partial charge in [-0.15, -0.1) is 0 Å². The van der Waals surface area contributed by atoms with Crippen molar-refractivity contribution in [3.05, 3.63) is 28.5 Å². The van der Waals surface area contributed by atoms with Crippen LogP contribution in [0, 0.1) is 17.3 Å². The minimum Gasteiger partial charge on any atom is -0.377 e. The molecule has 1 rings (SSSR count). The van der Waals surface area contributed by atoms with Crippen LogP contribution < -0.4 is 4.90 Å². The molecule has 0 amide bonds. The van der Waals surface area contributed by atoms with Crippen molar-refractivity contribution in [1.29, 1.82) is 5.26 Å². The van der Waals surface area contributed by atoms with Crippen LogP contribution in [0.3, 0.4) is 0 Å². The highest BCUT2D eigenvalue weighted by atomic mass is 79.9. The number of anilines is 1. The van der Waals surface area contributed by atoms with Crippen LogP contribution in [0.25, 0.3) is 0 Å². The first-order chi connectivity index (χ1) is 8.04. The highest BCUT2D eigenvalue weighted by Crippen LogP contribution is 2.22. The minimum atomic E-state index is -0.343. The van der Waals surface area contributed by atoms with Gasteiger partial charge in [-0.1, -0.05) is 0 Å². The molecule has 17 heavy (non-hydrogen) atoms. The maximum absolute atomic E-state index is 13.1. The SMILES string of the molecule is CC(C)OCCN(C#N)c1ccc(F)c(Br)c1. The maximum atomic E-state index is 13.1. The monoisotopic (exact) mass is 300 g/mol. The van der Waals surface area contributed by atoms with Gasteiger partial charge in [0.15, 0.2) is 6.19 Å². The molecule has 0 N–H and O–H groups in total. The topological polar surface area (TPSA) is 36.3 Å². The lowest BCUT2D eigenvalue weighted by molar-refractivity contribution is 0.0851. The predicted molar refractivity (Wildman–Crippen MR) is 68.1 cm³/mol. The van der Waals surface area contributed by atoms with Crippen molar-refractivity contribution in [2.45, 2.75) is 20.0 Å². The molecule has 1 aromatic carbocycles. The number of nitriles is 1. The fourth-order valence-electron chi connectivity index (χ4n) is 1.27. The van der Waals surface area contributed by atoms with E-state index in [0.717, 1.165) is 0 Å². The molecule has 0 unspecified atom stereocenters. The van der Waals surface area contributed by atoms with E-state index in [-0.39, 0.29) is 11.9 Å². The third-order valence-corrected chi connectivity index (χ3v) is 2.71. The first-order valence-corrected chi connectivity index (χ1v) is 6.08. The molecule has 0 spiro atoms. The van der Waals surface area contributed by atoms with Crippen LogP contribution in [0.5, 0.6) is 0 Å². The minimum absolute atomic E-state index is 0.135. The Bertz CT molecular complexity index is 417. The number of benzene rings is 1. The van der Waals surface area contributed by atoms with E-state index in [2.05, 4.69) is 15.9 Å². The number of hydrogen-bond donors (Lipinski definition) is 0. The van der Waals surface area contributed by atoms with E-state index in [9.17, 15) is 4.39 Å². The van der Waals surface area contributed by atoms with Gasteiger partial charge in [-0.2, -0.15) is 5.26 Å². The van der Waals surface area contributed by atoms with Crippen LogP contribution in [-0.4, -0.2) is 19.3 Å². The molecule has 0 radical (unpaired) electrons. The molecule has 0 heterocycles. The Morgan fingerprint density at radius 1 is 1.53 bits per heavy atom. The molecule has 3 nitrogen and oxygen atoms in total. The molecule has 1 aromatic rings. The van der Waals surface area contributed by atoms with E-state index in [1.807, 2.05) is 20.0 Å². The fraction of sp³-hybridized carbons (Fsp3) is 0.417. The van der Waals surface area contributed by atoms with Gasteiger partial charge in [0, 0.05) is 0 Å². The highest BCUT2D eigenvalue weighted by Gasteiger charge is 2.08. The second kappa shape index (κ2) is 6.58. The Kier molecular flexibility index (Phi) is 5.39. The highest BCUT2D eigenvalue weighted by molar-refractivity contribution is 9.10. The summed E-state index contributed by atoms with van der Waals surface area (Å²) in [6.45, 7) is 4.78. The van der Waals surface area contributed by atoms with Crippen molar-refractivity contribution in [2.75, 3.05) is 18.1 Å². The molecule has 92 valence electrons. The van der Waals surface area contributed by atoms with Crippen molar-refractivity contribution in [2.24, 2.45) is 0 Å². The van der Waals surface area contributed by atoms with Gasteiger partial charge in [-0.05, 0) is 48.0 Å². The Balaban J connectivity index is 2.67. The summed E-state index contributed by atoms with van der Waals surface area (Å²) in [5.74, 6) is -0.343. The van der Waals surface area contributed by atoms with Crippen molar-refractivity contribution >= 4 is 21.6 Å². The lowest BCUT2D eigenvalue weighted by atomic mass is 10.3. The first-order valence-electron chi connectivity index (χ1n) is 5.28. The van der Waals surface area contributed by atoms with Crippen LogP contribution in [0.15, 0.2) is 22.7 Å². The molecule has 0 saturated heterocycles. The molecule has 0 saturated carbocycles. The van der Waals surface area contributed by atoms with Gasteiger partial charge in [0.25, 0.3) is 0 Å². The summed E-state index contributed by atoms with van der Waals surface area (Å²) in [4.78, 5) is 1.46. The zero-order valence-corrected chi connectivity index (χ0v) is 11.4. The van der Waals surface area contributed by atoms with Crippen molar-refractivity contribution in [3.63, 3.8) is 0 Å². The van der Waals surface area contributed by atoms with Crippen molar-refractivity contribution < 1.29 is 9.13 Å². The number of ether oxygens (including phenoxy) is 1. The molecule has 5 heteroatoms. The number of rotatable bonds is 5. The van der Waals surface area contributed by atoms with Crippen LogP contribution in [0.4, 0.5) is 10.1 Å². The van der Waals surface area contributed by atoms with Gasteiger partial charge >= 0.3 is 0 Å². The zero-order chi connectivity index (χ0) is 12.8. The van der Waals surface area contributed by atoms with Gasteiger partial charge < -0.3 is 4.74 Å². The summed E-state index contributed by atoms with van der Waals surface area (Å²) in [7, 11) is 0. The number of hydrogen-bond acceptors (Lipinski definition) is 3. The van der Waals surface area contributed by atoms with E-state index in [1.165, 1.54) is 11.0 Å². The van der Waals surface area contributed by atoms with Gasteiger partial charge in [0.2, 0.25) is 0 Å². The summed E-state index contributed by atoms with van der Waals surface area (Å²) in [6, 6.07) is 4.47. The molecule has 0 bridgehead atoms. The lowest BCUT2D eigenvalue weighted by Gasteiger charge is -2.17. The third-order valence-electron chi connectivity index (χ3n) is 2.10. The van der Waals surface area contributed by atoms with Gasteiger partial charge in [-0.25, -0.2) is 4.39 Å². The summed E-state index contributed by atoms with van der Waals surface area (Å²) in [5, 5.41) is 9.02. The third kappa shape index (κ3) is 4.33. The number of nitrogens with zero attached hydrogens (tertiary/aromatic N) is 2. The molecule has 0 aliphatic heterocycles. The fourth-order valence-corrected chi connectivity index (χ4v) is 1.64. The van der Waals surface area contributed by atoms with Crippen molar-refractivity contribution in [1.82, 2.24) is 0 Å². The zero-order valence-electron chi connectivity index (χ0n) is 9.78. The molecule has 0 aliphatic carbocycles. The Hall–Kier alpha value is -1.12. The van der Waals surface area contributed by atoms with E-state index in [4.69, 9.17) is 10.00 Å². The average Bonchev–Trinajstić information content (AvgIpc) is 2.28. The molecule has 0 aromatic heterocycles. The summed E-state index contributed by atoms with van der Waals surface area (Å²) in [5.41, 5.74) is 0.646. The molecule has 0 aliphatic rings. The van der Waals surface area contributed by atoms with E-state index in [0.29, 0.717) is 23.3 Å². The predicted octanol–water partition coefficient (Wildman–Crippen LogP) is 3.30. The van der Waals surface area contributed by atoms with Crippen LogP contribution in [0.2, 0.25) is 0 Å². The van der Waals surface area contributed by atoms with Gasteiger partial charge in [0.1, 0.15) is 5.82 Å². The molecule has 0 atom stereocenters.